The second kappa shape index (κ2) is 7.63. The van der Waals surface area contributed by atoms with Gasteiger partial charge in [-0.25, -0.2) is 0 Å². The Kier molecular flexibility index (Phi) is 4.69. The van der Waals surface area contributed by atoms with Gasteiger partial charge in [0.2, 0.25) is 6.79 Å². The average Bonchev–Trinajstić information content (AvgIpc) is 3.50. The third-order valence-electron chi connectivity index (χ3n) is 5.25. The molecule has 1 saturated heterocycles. The number of benzene rings is 1. The highest BCUT2D eigenvalue weighted by atomic mass is 16.7. The zero-order valence-corrected chi connectivity index (χ0v) is 16.0. The maximum atomic E-state index is 12.8. The lowest BCUT2D eigenvalue weighted by Gasteiger charge is -2.34. The van der Waals surface area contributed by atoms with Gasteiger partial charge in [-0.05, 0) is 35.9 Å². The van der Waals surface area contributed by atoms with Crippen LogP contribution in [0.15, 0.2) is 53.2 Å². The van der Waals surface area contributed by atoms with Crippen LogP contribution < -0.4 is 9.47 Å². The number of carbonyl (C=O) groups is 1. The Morgan fingerprint density at radius 1 is 1.00 bits per heavy atom. The minimum absolute atomic E-state index is 0.0561. The smallest absolute Gasteiger partial charge is 0.289 e. The molecule has 0 radical (unpaired) electrons. The lowest BCUT2D eigenvalue weighted by atomic mass is 10.1. The topological polar surface area (TPSA) is 73.0 Å². The fourth-order valence-corrected chi connectivity index (χ4v) is 3.69. The molecule has 0 atom stereocenters. The molecule has 2 aliphatic heterocycles. The largest absolute Gasteiger partial charge is 0.454 e. The van der Waals surface area contributed by atoms with Crippen LogP contribution in [0.4, 0.5) is 0 Å². The van der Waals surface area contributed by atoms with Crippen LogP contribution >= 0.6 is 0 Å². The zero-order valence-electron chi connectivity index (χ0n) is 16.0. The first-order valence-electron chi connectivity index (χ1n) is 9.71. The molecule has 2 aromatic heterocycles. The SMILES string of the molecule is O=C(c1ccc(Cn2cccn2)o1)N1CCN(Cc2ccc3c(c2)OCO3)CC1. The van der Waals surface area contributed by atoms with Gasteiger partial charge in [0.25, 0.3) is 5.91 Å². The van der Waals surface area contributed by atoms with Gasteiger partial charge in [0, 0.05) is 45.1 Å². The maximum Gasteiger partial charge on any atom is 0.289 e. The predicted octanol–water partition coefficient (Wildman–Crippen LogP) is 2.21. The summed E-state index contributed by atoms with van der Waals surface area (Å²) in [7, 11) is 0. The molecule has 0 bridgehead atoms. The first kappa shape index (κ1) is 17.8. The zero-order chi connectivity index (χ0) is 19.6. The van der Waals surface area contributed by atoms with Crippen LogP contribution in [0.3, 0.4) is 0 Å². The Labute approximate surface area is 168 Å². The molecule has 3 aromatic rings. The Bertz CT molecular complexity index is 990. The number of hydrogen-bond acceptors (Lipinski definition) is 6. The molecule has 8 heteroatoms. The second-order valence-corrected chi connectivity index (χ2v) is 7.23. The molecule has 1 aromatic carbocycles. The summed E-state index contributed by atoms with van der Waals surface area (Å²) in [6, 6.07) is 11.5. The van der Waals surface area contributed by atoms with Crippen molar-refractivity contribution < 1.29 is 18.7 Å². The molecular weight excluding hydrogens is 372 g/mol. The van der Waals surface area contributed by atoms with Crippen LogP contribution in [-0.2, 0) is 13.1 Å². The number of furan rings is 1. The summed E-state index contributed by atoms with van der Waals surface area (Å²) in [5.41, 5.74) is 1.18. The predicted molar refractivity (Wildman–Crippen MR) is 104 cm³/mol. The van der Waals surface area contributed by atoms with Crippen molar-refractivity contribution in [1.82, 2.24) is 19.6 Å². The van der Waals surface area contributed by atoms with E-state index in [1.54, 1.807) is 16.9 Å². The Balaban J connectivity index is 1.15. The van der Waals surface area contributed by atoms with Crippen LogP contribution in [0.1, 0.15) is 21.9 Å². The summed E-state index contributed by atoms with van der Waals surface area (Å²) in [6.45, 7) is 4.63. The standard InChI is InChI=1S/C21H22N4O4/c26-21(19-5-3-17(29-19)14-25-7-1-6-22-25)24-10-8-23(9-11-24)13-16-2-4-18-20(12-16)28-15-27-18/h1-7,12H,8-11,13-15H2. The van der Waals surface area contributed by atoms with Gasteiger partial charge in [-0.3, -0.25) is 14.4 Å². The van der Waals surface area contributed by atoms with Gasteiger partial charge in [-0.1, -0.05) is 6.07 Å². The summed E-state index contributed by atoms with van der Waals surface area (Å²) in [6.07, 6.45) is 3.58. The van der Waals surface area contributed by atoms with Gasteiger partial charge < -0.3 is 18.8 Å². The van der Waals surface area contributed by atoms with E-state index in [1.807, 2.05) is 35.4 Å². The summed E-state index contributed by atoms with van der Waals surface area (Å²) >= 11 is 0. The number of hydrogen-bond donors (Lipinski definition) is 0. The van der Waals surface area contributed by atoms with Crippen molar-refractivity contribution in [1.29, 1.82) is 0 Å². The molecule has 0 spiro atoms. The lowest BCUT2D eigenvalue weighted by Crippen LogP contribution is -2.48. The highest BCUT2D eigenvalue weighted by Crippen LogP contribution is 2.32. The molecule has 150 valence electrons. The number of amides is 1. The normalized spacial score (nSPS) is 16.3. The first-order chi connectivity index (χ1) is 14.2. The quantitative estimate of drug-likeness (QED) is 0.661. The third kappa shape index (κ3) is 3.84. The number of carbonyl (C=O) groups excluding carboxylic acids is 1. The Hall–Kier alpha value is -3.26. The van der Waals surface area contributed by atoms with E-state index < -0.39 is 0 Å². The van der Waals surface area contributed by atoms with Crippen molar-refractivity contribution >= 4 is 5.91 Å². The first-order valence-corrected chi connectivity index (χ1v) is 9.71. The maximum absolute atomic E-state index is 12.8. The molecule has 5 rings (SSSR count). The van der Waals surface area contributed by atoms with Crippen LogP contribution in [0.5, 0.6) is 11.5 Å². The Morgan fingerprint density at radius 3 is 2.69 bits per heavy atom. The minimum Gasteiger partial charge on any atom is -0.454 e. The van der Waals surface area contributed by atoms with E-state index in [0.29, 0.717) is 25.4 Å². The number of ether oxygens (including phenoxy) is 2. The van der Waals surface area contributed by atoms with Crippen LogP contribution in [0.2, 0.25) is 0 Å². The van der Waals surface area contributed by atoms with Crippen LogP contribution in [0, 0.1) is 0 Å². The molecule has 29 heavy (non-hydrogen) atoms. The van der Waals surface area contributed by atoms with E-state index in [0.717, 1.165) is 36.9 Å². The summed E-state index contributed by atoms with van der Waals surface area (Å²) in [5, 5.41) is 4.16. The van der Waals surface area contributed by atoms with E-state index in [1.165, 1.54) is 5.56 Å². The van der Waals surface area contributed by atoms with Crippen molar-refractivity contribution in [3.8, 4) is 11.5 Å². The highest BCUT2D eigenvalue weighted by molar-refractivity contribution is 5.91. The van der Waals surface area contributed by atoms with Gasteiger partial charge in [0.15, 0.2) is 17.3 Å². The van der Waals surface area contributed by atoms with Crippen molar-refractivity contribution in [2.75, 3.05) is 33.0 Å². The number of piperazine rings is 1. The lowest BCUT2D eigenvalue weighted by molar-refractivity contribution is 0.0596. The second-order valence-electron chi connectivity index (χ2n) is 7.23. The van der Waals surface area contributed by atoms with E-state index in [-0.39, 0.29) is 12.7 Å². The van der Waals surface area contributed by atoms with Crippen molar-refractivity contribution in [2.24, 2.45) is 0 Å². The summed E-state index contributed by atoms with van der Waals surface area (Å²) < 4.78 is 18.3. The van der Waals surface area contributed by atoms with Crippen molar-refractivity contribution in [2.45, 2.75) is 13.1 Å². The molecule has 0 N–H and O–H groups in total. The van der Waals surface area contributed by atoms with Crippen molar-refractivity contribution in [3.05, 3.63) is 65.9 Å². The van der Waals surface area contributed by atoms with Gasteiger partial charge in [-0.2, -0.15) is 5.10 Å². The monoisotopic (exact) mass is 394 g/mol. The van der Waals surface area contributed by atoms with Gasteiger partial charge >= 0.3 is 0 Å². The number of fused-ring (bicyclic) bond motifs is 1. The molecule has 0 saturated carbocycles. The molecule has 4 heterocycles. The molecule has 0 aliphatic carbocycles. The van der Waals surface area contributed by atoms with E-state index >= 15 is 0 Å². The molecular formula is C21H22N4O4. The number of aromatic nitrogens is 2. The number of nitrogens with zero attached hydrogens (tertiary/aromatic N) is 4. The third-order valence-corrected chi connectivity index (χ3v) is 5.25. The highest BCUT2D eigenvalue weighted by Gasteiger charge is 2.25. The van der Waals surface area contributed by atoms with Crippen LogP contribution in [-0.4, -0.2) is 58.5 Å². The molecule has 0 unspecified atom stereocenters. The van der Waals surface area contributed by atoms with Gasteiger partial charge in [0.1, 0.15) is 5.76 Å². The van der Waals surface area contributed by atoms with Gasteiger partial charge in [-0.15, -0.1) is 0 Å². The molecule has 1 amide bonds. The van der Waals surface area contributed by atoms with E-state index in [2.05, 4.69) is 16.1 Å². The average molecular weight is 394 g/mol. The molecule has 8 nitrogen and oxygen atoms in total. The summed E-state index contributed by atoms with van der Waals surface area (Å²) in [5.74, 6) is 2.66. The minimum atomic E-state index is -0.0561. The fraction of sp³-hybridized carbons (Fsp3) is 0.333. The van der Waals surface area contributed by atoms with Gasteiger partial charge in [0.05, 0.1) is 6.54 Å². The number of rotatable bonds is 5. The van der Waals surface area contributed by atoms with Crippen molar-refractivity contribution in [3.63, 3.8) is 0 Å². The van der Waals surface area contributed by atoms with E-state index in [4.69, 9.17) is 13.9 Å². The molecule has 2 aliphatic rings. The molecule has 1 fully saturated rings. The van der Waals surface area contributed by atoms with Crippen LogP contribution in [0.25, 0.3) is 0 Å². The Morgan fingerprint density at radius 2 is 1.86 bits per heavy atom. The van der Waals surface area contributed by atoms with E-state index in [9.17, 15) is 4.79 Å². The fourth-order valence-electron chi connectivity index (χ4n) is 3.69. The summed E-state index contributed by atoms with van der Waals surface area (Å²) in [4.78, 5) is 17.0.